The van der Waals surface area contributed by atoms with Crippen LogP contribution in [-0.4, -0.2) is 41.8 Å². The second-order valence-corrected chi connectivity index (χ2v) is 8.23. The number of fused-ring (bicyclic) bond motifs is 2. The molecule has 0 unspecified atom stereocenters. The van der Waals surface area contributed by atoms with Gasteiger partial charge >= 0.3 is 0 Å². The molecule has 2 heterocycles. The summed E-state index contributed by atoms with van der Waals surface area (Å²) in [5.74, 6) is 1.60. The molecule has 1 aliphatic rings. The Hall–Kier alpha value is -3.39. The lowest BCUT2D eigenvalue weighted by molar-refractivity contribution is 0.142. The summed E-state index contributed by atoms with van der Waals surface area (Å²) < 4.78 is 32.5. The predicted octanol–water partition coefficient (Wildman–Crippen LogP) is 4.74. The number of methoxy groups -OCH3 is 1. The van der Waals surface area contributed by atoms with Gasteiger partial charge in [0, 0.05) is 28.7 Å². The van der Waals surface area contributed by atoms with E-state index in [9.17, 15) is 0 Å². The molecule has 2 N–H and O–H groups in total. The Morgan fingerprint density at radius 3 is 2.72 bits per heavy atom. The van der Waals surface area contributed by atoms with Gasteiger partial charge in [-0.2, -0.15) is 0 Å². The van der Waals surface area contributed by atoms with Crippen LogP contribution in [0.25, 0.3) is 21.8 Å². The first-order valence-electron chi connectivity index (χ1n) is 10.6. The molecule has 2 aromatic heterocycles. The van der Waals surface area contributed by atoms with Crippen molar-refractivity contribution in [2.45, 2.75) is 25.8 Å². The Labute approximate surface area is 184 Å². The van der Waals surface area contributed by atoms with Gasteiger partial charge in [-0.05, 0) is 57.0 Å². The first-order valence-corrected chi connectivity index (χ1v) is 10.6. The Bertz CT molecular complexity index is 1280. The number of halogens is 1. The lowest BCUT2D eigenvalue weighted by Gasteiger charge is -2.34. The van der Waals surface area contributed by atoms with Crippen molar-refractivity contribution in [2.75, 3.05) is 20.8 Å². The van der Waals surface area contributed by atoms with Crippen LogP contribution in [0.15, 0.2) is 36.7 Å². The van der Waals surface area contributed by atoms with Crippen molar-refractivity contribution in [3.05, 3.63) is 48.2 Å². The average molecular weight is 436 g/mol. The summed E-state index contributed by atoms with van der Waals surface area (Å²) in [4.78, 5) is 11.7. The molecule has 1 aliphatic carbocycles. The van der Waals surface area contributed by atoms with Gasteiger partial charge in [0.15, 0.2) is 23.1 Å². The van der Waals surface area contributed by atoms with E-state index in [4.69, 9.17) is 14.2 Å². The van der Waals surface area contributed by atoms with Crippen molar-refractivity contribution in [3.8, 4) is 23.1 Å². The van der Waals surface area contributed by atoms with Gasteiger partial charge in [0.1, 0.15) is 6.33 Å². The standard InChI is InChI=1S/C24H25FN4O3/c1-13-6-16-18(29-13)4-5-20(23(16)25)32-24-17-9-21(30-3)22(10-19(17)27-12-28-24)31-11-14-7-15(8-14)26-2/h4-6,9-10,12,14-15,26,29H,7-8,11H2,1-3H3. The molecule has 0 atom stereocenters. The van der Waals surface area contributed by atoms with Crippen LogP contribution in [0.3, 0.4) is 0 Å². The van der Waals surface area contributed by atoms with E-state index in [2.05, 4.69) is 20.3 Å². The third-order valence-electron chi connectivity index (χ3n) is 6.05. The molecule has 8 heteroatoms. The van der Waals surface area contributed by atoms with Crippen LogP contribution in [0.5, 0.6) is 23.1 Å². The highest BCUT2D eigenvalue weighted by molar-refractivity contribution is 5.87. The highest BCUT2D eigenvalue weighted by Crippen LogP contribution is 2.38. The smallest absolute Gasteiger partial charge is 0.230 e. The van der Waals surface area contributed by atoms with Gasteiger partial charge in [0.05, 0.1) is 24.6 Å². The summed E-state index contributed by atoms with van der Waals surface area (Å²) in [6.07, 6.45) is 3.60. The predicted molar refractivity (Wildman–Crippen MR) is 120 cm³/mol. The monoisotopic (exact) mass is 436 g/mol. The number of ether oxygens (including phenoxy) is 3. The maximum Gasteiger partial charge on any atom is 0.230 e. The number of hydrogen-bond acceptors (Lipinski definition) is 6. The Kier molecular flexibility index (Phi) is 5.30. The Morgan fingerprint density at radius 2 is 1.94 bits per heavy atom. The molecule has 0 bridgehead atoms. The fraction of sp³-hybridized carbons (Fsp3) is 0.333. The van der Waals surface area contributed by atoms with Crippen LogP contribution in [0.2, 0.25) is 0 Å². The summed E-state index contributed by atoms with van der Waals surface area (Å²) in [6, 6.07) is 9.29. The molecule has 32 heavy (non-hydrogen) atoms. The maximum atomic E-state index is 15.0. The molecule has 0 saturated heterocycles. The number of aromatic amines is 1. The van der Waals surface area contributed by atoms with E-state index >= 15 is 4.39 Å². The topological polar surface area (TPSA) is 81.3 Å². The van der Waals surface area contributed by atoms with Crippen molar-refractivity contribution in [3.63, 3.8) is 0 Å². The van der Waals surface area contributed by atoms with Gasteiger partial charge < -0.3 is 24.5 Å². The molecule has 0 aliphatic heterocycles. The number of nitrogens with zero attached hydrogens (tertiary/aromatic N) is 2. The van der Waals surface area contributed by atoms with Crippen molar-refractivity contribution in [1.29, 1.82) is 0 Å². The number of H-pyrrole nitrogens is 1. The average Bonchev–Trinajstić information content (AvgIpc) is 3.15. The molecule has 7 nitrogen and oxygen atoms in total. The number of aromatic nitrogens is 3. The minimum Gasteiger partial charge on any atom is -0.493 e. The van der Waals surface area contributed by atoms with E-state index in [1.807, 2.05) is 20.0 Å². The molecule has 2 aromatic carbocycles. The van der Waals surface area contributed by atoms with E-state index in [0.29, 0.717) is 46.4 Å². The summed E-state index contributed by atoms with van der Waals surface area (Å²) in [7, 11) is 3.57. The zero-order valence-corrected chi connectivity index (χ0v) is 18.2. The maximum absolute atomic E-state index is 15.0. The first-order chi connectivity index (χ1) is 15.6. The van der Waals surface area contributed by atoms with Crippen LogP contribution in [0, 0.1) is 18.7 Å². The van der Waals surface area contributed by atoms with Crippen molar-refractivity contribution >= 4 is 21.8 Å². The lowest BCUT2D eigenvalue weighted by atomic mass is 9.81. The zero-order chi connectivity index (χ0) is 22.2. The Morgan fingerprint density at radius 1 is 1.09 bits per heavy atom. The molecule has 0 radical (unpaired) electrons. The Balaban J connectivity index is 1.43. The molecule has 1 saturated carbocycles. The van der Waals surface area contributed by atoms with Crippen LogP contribution in [-0.2, 0) is 0 Å². The van der Waals surface area contributed by atoms with E-state index < -0.39 is 5.82 Å². The third-order valence-corrected chi connectivity index (χ3v) is 6.05. The number of benzene rings is 2. The van der Waals surface area contributed by atoms with Crippen molar-refractivity contribution in [2.24, 2.45) is 5.92 Å². The molecule has 1 fully saturated rings. The van der Waals surface area contributed by atoms with Gasteiger partial charge in [0.2, 0.25) is 5.88 Å². The van der Waals surface area contributed by atoms with Crippen LogP contribution >= 0.6 is 0 Å². The fourth-order valence-corrected chi connectivity index (χ4v) is 4.18. The highest BCUT2D eigenvalue weighted by atomic mass is 19.1. The molecular formula is C24H25FN4O3. The molecular weight excluding hydrogens is 411 g/mol. The molecule has 166 valence electrons. The summed E-state index contributed by atoms with van der Waals surface area (Å²) >= 11 is 0. The lowest BCUT2D eigenvalue weighted by Crippen LogP contribution is -2.41. The highest BCUT2D eigenvalue weighted by Gasteiger charge is 2.28. The van der Waals surface area contributed by atoms with Crippen LogP contribution < -0.4 is 19.5 Å². The normalized spacial score (nSPS) is 18.0. The van der Waals surface area contributed by atoms with Gasteiger partial charge in [-0.15, -0.1) is 0 Å². The summed E-state index contributed by atoms with van der Waals surface area (Å²) in [5, 5.41) is 4.36. The van der Waals surface area contributed by atoms with E-state index in [0.717, 1.165) is 24.1 Å². The van der Waals surface area contributed by atoms with E-state index in [1.54, 1.807) is 31.4 Å². The minimum atomic E-state index is -0.439. The molecule has 5 rings (SSSR count). The summed E-state index contributed by atoms with van der Waals surface area (Å²) in [5.41, 5.74) is 2.23. The van der Waals surface area contributed by atoms with Gasteiger partial charge in [-0.25, -0.2) is 14.4 Å². The van der Waals surface area contributed by atoms with E-state index in [1.165, 1.54) is 6.33 Å². The fourth-order valence-electron chi connectivity index (χ4n) is 4.18. The largest absolute Gasteiger partial charge is 0.493 e. The van der Waals surface area contributed by atoms with Gasteiger partial charge in [-0.3, -0.25) is 0 Å². The second-order valence-electron chi connectivity index (χ2n) is 8.23. The quantitative estimate of drug-likeness (QED) is 0.436. The molecule has 0 amide bonds. The SMILES string of the molecule is CNC1CC(COc2cc3ncnc(Oc4ccc5[nH]c(C)cc5c4F)c3cc2OC)C1. The van der Waals surface area contributed by atoms with Crippen LogP contribution in [0.1, 0.15) is 18.5 Å². The molecule has 0 spiro atoms. The van der Waals surface area contributed by atoms with Crippen molar-refractivity contribution < 1.29 is 18.6 Å². The van der Waals surface area contributed by atoms with Gasteiger partial charge in [0.25, 0.3) is 0 Å². The summed E-state index contributed by atoms with van der Waals surface area (Å²) in [6.45, 7) is 2.50. The number of hydrogen-bond donors (Lipinski definition) is 2. The zero-order valence-electron chi connectivity index (χ0n) is 18.2. The van der Waals surface area contributed by atoms with Crippen LogP contribution in [0.4, 0.5) is 4.39 Å². The van der Waals surface area contributed by atoms with E-state index in [-0.39, 0.29) is 11.6 Å². The molecule has 4 aromatic rings. The van der Waals surface area contributed by atoms with Gasteiger partial charge in [-0.1, -0.05) is 0 Å². The number of aryl methyl sites for hydroxylation is 1. The minimum absolute atomic E-state index is 0.0971. The third kappa shape index (κ3) is 3.71. The second kappa shape index (κ2) is 8.27. The first kappa shape index (κ1) is 20.5. The number of rotatable bonds is 7. The number of nitrogens with one attached hydrogen (secondary N) is 2. The van der Waals surface area contributed by atoms with Crippen molar-refractivity contribution in [1.82, 2.24) is 20.3 Å².